The molecule has 0 saturated carbocycles. The number of likely N-dealkylation sites (tertiary alicyclic amines) is 1. The van der Waals surface area contributed by atoms with Crippen LogP contribution in [0.15, 0.2) is 0 Å². The molecule has 3 heteroatoms. The standard InChI is InChI=1S/C17H35N3/c1-6-16-13-19(15(4)5)11-12-20(16)17-7-9-18(10-8-17)14(2)3/h14-17H,6-13H2,1-5H3/t16-/m1/s1. The van der Waals surface area contributed by atoms with E-state index in [1.807, 2.05) is 0 Å². The van der Waals surface area contributed by atoms with Crippen molar-refractivity contribution in [2.24, 2.45) is 0 Å². The minimum Gasteiger partial charge on any atom is -0.301 e. The quantitative estimate of drug-likeness (QED) is 0.784. The maximum atomic E-state index is 2.84. The first-order valence-electron chi connectivity index (χ1n) is 8.76. The van der Waals surface area contributed by atoms with Crippen molar-refractivity contribution in [3.8, 4) is 0 Å². The summed E-state index contributed by atoms with van der Waals surface area (Å²) < 4.78 is 0. The predicted molar refractivity (Wildman–Crippen MR) is 87.2 cm³/mol. The molecule has 0 aromatic heterocycles. The van der Waals surface area contributed by atoms with E-state index in [1.165, 1.54) is 52.0 Å². The third-order valence-electron chi connectivity index (χ3n) is 5.46. The normalized spacial score (nSPS) is 28.6. The van der Waals surface area contributed by atoms with E-state index in [0.717, 1.165) is 18.1 Å². The van der Waals surface area contributed by atoms with Crippen molar-refractivity contribution in [3.05, 3.63) is 0 Å². The van der Waals surface area contributed by atoms with Crippen molar-refractivity contribution in [3.63, 3.8) is 0 Å². The summed E-state index contributed by atoms with van der Waals surface area (Å²) in [5.41, 5.74) is 0. The lowest BCUT2D eigenvalue weighted by atomic mass is 9.97. The zero-order valence-electron chi connectivity index (χ0n) is 14.3. The van der Waals surface area contributed by atoms with Gasteiger partial charge >= 0.3 is 0 Å². The molecule has 0 unspecified atom stereocenters. The molecule has 2 aliphatic rings. The van der Waals surface area contributed by atoms with Gasteiger partial charge in [0.25, 0.3) is 0 Å². The number of rotatable bonds is 4. The summed E-state index contributed by atoms with van der Waals surface area (Å²) >= 11 is 0. The zero-order chi connectivity index (χ0) is 14.7. The lowest BCUT2D eigenvalue weighted by Crippen LogP contribution is -2.59. The minimum absolute atomic E-state index is 0.703. The lowest BCUT2D eigenvalue weighted by Gasteiger charge is -2.48. The van der Waals surface area contributed by atoms with Crippen LogP contribution in [-0.2, 0) is 0 Å². The van der Waals surface area contributed by atoms with Gasteiger partial charge in [-0.15, -0.1) is 0 Å². The third kappa shape index (κ3) is 3.75. The molecule has 118 valence electrons. The molecule has 0 spiro atoms. The molecule has 0 aliphatic carbocycles. The van der Waals surface area contributed by atoms with Crippen LogP contribution in [0, 0.1) is 0 Å². The molecule has 0 N–H and O–H groups in total. The van der Waals surface area contributed by atoms with E-state index in [2.05, 4.69) is 49.3 Å². The molecular weight excluding hydrogens is 246 g/mol. The second-order valence-corrected chi connectivity index (χ2v) is 7.25. The van der Waals surface area contributed by atoms with E-state index < -0.39 is 0 Å². The molecule has 1 atom stereocenters. The molecule has 0 aromatic carbocycles. The van der Waals surface area contributed by atoms with E-state index in [1.54, 1.807) is 0 Å². The van der Waals surface area contributed by atoms with Crippen LogP contribution < -0.4 is 0 Å². The van der Waals surface area contributed by atoms with Gasteiger partial charge in [-0.2, -0.15) is 0 Å². The molecule has 2 rings (SSSR count). The van der Waals surface area contributed by atoms with Crippen molar-refractivity contribution in [1.29, 1.82) is 0 Å². The topological polar surface area (TPSA) is 9.72 Å². The fourth-order valence-corrected chi connectivity index (χ4v) is 3.94. The van der Waals surface area contributed by atoms with Crippen LogP contribution in [-0.4, -0.2) is 71.6 Å². The molecule has 3 nitrogen and oxygen atoms in total. The van der Waals surface area contributed by atoms with Gasteiger partial charge in [0, 0.05) is 43.8 Å². The molecule has 2 fully saturated rings. The van der Waals surface area contributed by atoms with Gasteiger partial charge in [0.05, 0.1) is 0 Å². The average Bonchev–Trinajstić information content (AvgIpc) is 2.46. The molecule has 20 heavy (non-hydrogen) atoms. The summed E-state index contributed by atoms with van der Waals surface area (Å²) in [5, 5.41) is 0. The van der Waals surface area contributed by atoms with Gasteiger partial charge in [-0.3, -0.25) is 9.80 Å². The molecule has 2 aliphatic heterocycles. The van der Waals surface area contributed by atoms with E-state index in [-0.39, 0.29) is 0 Å². The van der Waals surface area contributed by atoms with Crippen LogP contribution in [0.1, 0.15) is 53.9 Å². The van der Waals surface area contributed by atoms with Crippen LogP contribution in [0.4, 0.5) is 0 Å². The number of nitrogens with zero attached hydrogens (tertiary/aromatic N) is 3. The van der Waals surface area contributed by atoms with E-state index >= 15 is 0 Å². The van der Waals surface area contributed by atoms with Gasteiger partial charge in [-0.05, 0) is 60.0 Å². The Bertz CT molecular complexity index is 282. The Balaban J connectivity index is 1.89. The Kier molecular flexibility index (Phi) is 5.88. The highest BCUT2D eigenvalue weighted by molar-refractivity contribution is 4.90. The first kappa shape index (κ1) is 16.3. The second-order valence-electron chi connectivity index (χ2n) is 7.25. The molecular formula is C17H35N3. The molecule has 2 heterocycles. The monoisotopic (exact) mass is 281 g/mol. The fraction of sp³-hybridized carbons (Fsp3) is 1.00. The maximum Gasteiger partial charge on any atom is 0.0224 e. The second kappa shape index (κ2) is 7.24. The largest absolute Gasteiger partial charge is 0.301 e. The summed E-state index contributed by atoms with van der Waals surface area (Å²) in [6.45, 7) is 18.1. The first-order valence-corrected chi connectivity index (χ1v) is 8.76. The van der Waals surface area contributed by atoms with Crippen molar-refractivity contribution in [2.75, 3.05) is 32.7 Å². The highest BCUT2D eigenvalue weighted by Gasteiger charge is 2.33. The van der Waals surface area contributed by atoms with Crippen molar-refractivity contribution >= 4 is 0 Å². The summed E-state index contributed by atoms with van der Waals surface area (Å²) in [7, 11) is 0. The average molecular weight is 281 g/mol. The fourth-order valence-electron chi connectivity index (χ4n) is 3.94. The van der Waals surface area contributed by atoms with Gasteiger partial charge < -0.3 is 4.90 Å². The van der Waals surface area contributed by atoms with Crippen molar-refractivity contribution < 1.29 is 0 Å². The molecule has 0 amide bonds. The smallest absolute Gasteiger partial charge is 0.0224 e. The SMILES string of the molecule is CC[C@@H]1CN(C(C)C)CCN1C1CCN(C(C)C)CC1. The van der Waals surface area contributed by atoms with Crippen LogP contribution in [0.5, 0.6) is 0 Å². The van der Waals surface area contributed by atoms with Gasteiger partial charge in [0.2, 0.25) is 0 Å². The summed E-state index contributed by atoms with van der Waals surface area (Å²) in [4.78, 5) is 8.15. The van der Waals surface area contributed by atoms with Crippen LogP contribution in [0.3, 0.4) is 0 Å². The molecule has 0 aromatic rings. The Hall–Kier alpha value is -0.120. The van der Waals surface area contributed by atoms with E-state index in [9.17, 15) is 0 Å². The summed E-state index contributed by atoms with van der Waals surface area (Å²) in [6.07, 6.45) is 4.04. The maximum absolute atomic E-state index is 2.84. The minimum atomic E-state index is 0.703. The van der Waals surface area contributed by atoms with Gasteiger partial charge in [-0.1, -0.05) is 6.92 Å². The number of piperidine rings is 1. The molecule has 2 saturated heterocycles. The van der Waals surface area contributed by atoms with Crippen molar-refractivity contribution in [2.45, 2.75) is 78.0 Å². The predicted octanol–water partition coefficient (Wildman–Crippen LogP) is 2.66. The van der Waals surface area contributed by atoms with Gasteiger partial charge in [0.1, 0.15) is 0 Å². The number of piperazine rings is 1. The van der Waals surface area contributed by atoms with Crippen LogP contribution in [0.2, 0.25) is 0 Å². The summed E-state index contributed by atoms with van der Waals surface area (Å²) in [6, 6.07) is 3.04. The molecule has 0 bridgehead atoms. The number of hydrogen-bond donors (Lipinski definition) is 0. The van der Waals surface area contributed by atoms with E-state index in [4.69, 9.17) is 0 Å². The van der Waals surface area contributed by atoms with Gasteiger partial charge in [-0.25, -0.2) is 0 Å². The van der Waals surface area contributed by atoms with Crippen molar-refractivity contribution in [1.82, 2.24) is 14.7 Å². The van der Waals surface area contributed by atoms with Crippen LogP contribution in [0.25, 0.3) is 0 Å². The van der Waals surface area contributed by atoms with Gasteiger partial charge in [0.15, 0.2) is 0 Å². The summed E-state index contributed by atoms with van der Waals surface area (Å²) in [5.74, 6) is 0. The number of hydrogen-bond acceptors (Lipinski definition) is 3. The van der Waals surface area contributed by atoms with Crippen LogP contribution >= 0.6 is 0 Å². The Morgan fingerprint density at radius 1 is 0.850 bits per heavy atom. The Morgan fingerprint density at radius 2 is 1.45 bits per heavy atom. The first-order chi connectivity index (χ1) is 9.52. The zero-order valence-corrected chi connectivity index (χ0v) is 14.3. The highest BCUT2D eigenvalue weighted by Crippen LogP contribution is 2.24. The Labute approximate surface area is 126 Å². The third-order valence-corrected chi connectivity index (χ3v) is 5.46. The Morgan fingerprint density at radius 3 is 1.95 bits per heavy atom. The highest BCUT2D eigenvalue weighted by atomic mass is 15.3. The molecule has 0 radical (unpaired) electrons. The van der Waals surface area contributed by atoms with E-state index in [0.29, 0.717) is 6.04 Å². The lowest BCUT2D eigenvalue weighted by molar-refractivity contribution is 0.000405.